The van der Waals surface area contributed by atoms with Crippen LogP contribution in [0.3, 0.4) is 0 Å². The van der Waals surface area contributed by atoms with Gasteiger partial charge in [0.15, 0.2) is 17.5 Å². The summed E-state index contributed by atoms with van der Waals surface area (Å²) in [4.78, 5) is 171. The number of unbranched alkanes of at least 4 members (excludes halogenated alkanes) is 2. The fourth-order valence-corrected chi connectivity index (χ4v) is 14.9. The Morgan fingerprint density at radius 3 is 1.22 bits per heavy atom. The minimum atomic E-state index is -1.30. The lowest BCUT2D eigenvalue weighted by molar-refractivity contribution is -0.148. The maximum absolute atomic E-state index is 15.0. The van der Waals surface area contributed by atoms with Gasteiger partial charge in [-0.05, 0) is 216 Å². The molecule has 0 aliphatic heterocycles. The van der Waals surface area contributed by atoms with Gasteiger partial charge in [0.25, 0.3) is 0 Å². The standard InChI is InChI=1S/C67H75ClN6O13.C33H50N8O5/c1-45-34-54(75)35-46(2)55(45)37-53(39-61(77)84-41-48-22-9-4-10-23-48)65(81)72-57(31-19-33-70-60(40-62(78)85-42-49-24-11-5-12-25-49)74-67(83)86-43-50-26-13-6-14-27-50)59(76)38-52(36-47-20-7-3-8-21-47)64(80)73-58(63(69)79)30-17-18-32-71-66(82)87-44-51-28-15-16-29-56(51)68;1-20-15-24(42)16-21(2)25(20)19-26(35)32(46)40-27(12-8-14-39-33(37)38)29(43)18-23(17-22-9-4-3-5-10-22)31(45)41-28(30(36)44)11-6-7-13-34/h3-16,20-29,34-35,52-53,57-58,75H,17-19,30-33,36-44H2,1-2H3,(H2,69,79)(H,71,82)(H,72,81)(H,73,80)(H,70,74,83);3-5,9-10,15-16,23,26-28,42H,6-8,11-14,17-19,34-35H2,1-2H3,(H2,36,44)(H,40,46)(H,41,45)(H4,37,38,39)/t52-,53-,57-,58+;23-,26+,27-,28+/m11/s1. The number of carbonyl (C=O) groups excluding carboxylic acids is 12. The Morgan fingerprint density at radius 2 is 0.774 bits per heavy atom. The minimum Gasteiger partial charge on any atom is -0.508 e. The number of hydrogen-bond donors (Lipinski definition) is 14. The summed E-state index contributed by atoms with van der Waals surface area (Å²) in [6.07, 6.45) is 0.431. The fraction of sp³-hybridized carbons (Fsp3) is 0.380. The number of halogens is 1. The first-order chi connectivity index (χ1) is 63.8. The van der Waals surface area contributed by atoms with Gasteiger partial charge in [-0.2, -0.15) is 0 Å². The second kappa shape index (κ2) is 57.3. The molecule has 0 aromatic heterocycles. The van der Waals surface area contributed by atoms with Gasteiger partial charge in [-0.3, -0.25) is 63.2 Å². The highest BCUT2D eigenvalue weighted by molar-refractivity contribution is 6.31. The third kappa shape index (κ3) is 39.8. The van der Waals surface area contributed by atoms with E-state index in [0.29, 0.717) is 77.9 Å². The van der Waals surface area contributed by atoms with Gasteiger partial charge in [0.2, 0.25) is 35.4 Å². The van der Waals surface area contributed by atoms with E-state index in [2.05, 4.69) is 41.9 Å². The van der Waals surface area contributed by atoms with Crippen LogP contribution in [-0.4, -0.2) is 150 Å². The first-order valence-electron chi connectivity index (χ1n) is 44.4. The van der Waals surface area contributed by atoms with Gasteiger partial charge < -0.3 is 90.1 Å². The summed E-state index contributed by atoms with van der Waals surface area (Å²) >= 11 is 6.18. The molecule has 0 bridgehead atoms. The average Bonchev–Trinajstić information content (AvgIpc) is 0.850. The topological polar surface area (TPSA) is 535 Å². The monoisotopic (exact) mass is 1840 g/mol. The molecule has 0 saturated heterocycles. The van der Waals surface area contributed by atoms with Crippen LogP contribution in [0.4, 0.5) is 9.59 Å². The van der Waals surface area contributed by atoms with Crippen molar-refractivity contribution >= 4 is 94.5 Å². The number of nitrogens with two attached hydrogens (primary N) is 6. The van der Waals surface area contributed by atoms with Crippen LogP contribution in [0, 0.1) is 45.4 Å². The molecule has 0 aliphatic carbocycles. The number of aryl methyl sites for hydroxylation is 4. The molecule has 133 heavy (non-hydrogen) atoms. The van der Waals surface area contributed by atoms with Crippen molar-refractivity contribution in [3.8, 4) is 11.5 Å². The molecule has 0 aliphatic rings. The van der Waals surface area contributed by atoms with E-state index in [0.717, 1.165) is 38.9 Å². The van der Waals surface area contributed by atoms with Gasteiger partial charge in [0, 0.05) is 54.9 Å². The van der Waals surface area contributed by atoms with Crippen molar-refractivity contribution in [1.29, 1.82) is 0 Å². The number of amidine groups is 1. The summed E-state index contributed by atoms with van der Waals surface area (Å²) in [5, 5.41) is 37.1. The van der Waals surface area contributed by atoms with Crippen molar-refractivity contribution in [3.63, 3.8) is 0 Å². The number of primary amides is 2. The molecule has 710 valence electrons. The number of Topliss-reactive ketones (excluding diaryl/α,β-unsaturated/α-hetero) is 2. The predicted octanol–water partition coefficient (Wildman–Crippen LogP) is 9.90. The molecule has 0 radical (unpaired) electrons. The quantitative estimate of drug-likeness (QED) is 0.00554. The molecule has 8 amide bonds. The van der Waals surface area contributed by atoms with Crippen LogP contribution >= 0.6 is 11.6 Å². The van der Waals surface area contributed by atoms with E-state index >= 15 is 4.79 Å². The predicted molar refractivity (Wildman–Crippen MR) is 506 cm³/mol. The van der Waals surface area contributed by atoms with E-state index < -0.39 is 133 Å². The number of aliphatic imine (C=N–C) groups is 2. The van der Waals surface area contributed by atoms with Gasteiger partial charge in [0.1, 0.15) is 62.3 Å². The first-order valence-corrected chi connectivity index (χ1v) is 44.8. The zero-order chi connectivity index (χ0) is 96.6. The summed E-state index contributed by atoms with van der Waals surface area (Å²) in [6.45, 7) is 7.76. The normalized spacial score (nSPS) is 12.8. The summed E-state index contributed by atoms with van der Waals surface area (Å²) in [6, 6.07) is 53.0. The molecule has 32 nitrogen and oxygen atoms in total. The van der Waals surface area contributed by atoms with Crippen molar-refractivity contribution in [2.75, 3.05) is 26.2 Å². The van der Waals surface area contributed by atoms with Crippen molar-refractivity contribution in [2.24, 2.45) is 62.1 Å². The molecule has 20 N–H and O–H groups in total. The van der Waals surface area contributed by atoms with Crippen molar-refractivity contribution in [1.82, 2.24) is 31.9 Å². The fourth-order valence-electron chi connectivity index (χ4n) is 14.8. The molecule has 0 unspecified atom stereocenters. The van der Waals surface area contributed by atoms with Gasteiger partial charge in [-0.1, -0.05) is 181 Å². The molecule has 0 fully saturated rings. The highest BCUT2D eigenvalue weighted by Crippen LogP contribution is 2.28. The van der Waals surface area contributed by atoms with E-state index in [-0.39, 0.29) is 133 Å². The Bertz CT molecular complexity index is 5080. The third-order valence-electron chi connectivity index (χ3n) is 22.0. The van der Waals surface area contributed by atoms with Gasteiger partial charge in [-0.15, -0.1) is 0 Å². The number of ether oxygens (including phenoxy) is 4. The van der Waals surface area contributed by atoms with E-state index in [4.69, 9.17) is 65.0 Å². The van der Waals surface area contributed by atoms with E-state index in [1.54, 1.807) is 166 Å². The smallest absolute Gasteiger partial charge is 0.412 e. The van der Waals surface area contributed by atoms with Crippen LogP contribution in [-0.2, 0) is 119 Å². The molecular weight excluding hydrogens is 1720 g/mol. The van der Waals surface area contributed by atoms with Crippen LogP contribution in [0.15, 0.2) is 210 Å². The molecule has 0 saturated carbocycles. The number of phenols is 2. The van der Waals surface area contributed by atoms with Crippen molar-refractivity contribution in [3.05, 3.63) is 272 Å². The lowest BCUT2D eigenvalue weighted by Crippen LogP contribution is -2.51. The molecule has 8 aromatic rings. The van der Waals surface area contributed by atoms with Crippen LogP contribution < -0.4 is 66.3 Å². The van der Waals surface area contributed by atoms with E-state index in [9.17, 15) is 63.0 Å². The number of carbonyl (C=O) groups is 12. The second-order valence-corrected chi connectivity index (χ2v) is 33.1. The zero-order valence-electron chi connectivity index (χ0n) is 75.7. The Hall–Kier alpha value is -13.9. The second-order valence-electron chi connectivity index (χ2n) is 32.6. The molecule has 8 atom stereocenters. The molecule has 8 rings (SSSR count). The summed E-state index contributed by atoms with van der Waals surface area (Å²) in [5.74, 6) is -9.26. The molecule has 0 heterocycles. The first kappa shape index (κ1) is 106. The molecule has 8 aromatic carbocycles. The number of rotatable bonds is 53. The number of esters is 2. The third-order valence-corrected chi connectivity index (χ3v) is 22.3. The largest absolute Gasteiger partial charge is 0.508 e. The van der Waals surface area contributed by atoms with Gasteiger partial charge in [0.05, 0.1) is 30.5 Å². The Balaban J connectivity index is 0.000000441. The lowest BCUT2D eigenvalue weighted by Gasteiger charge is -2.25. The van der Waals surface area contributed by atoms with Crippen LogP contribution in [0.1, 0.15) is 157 Å². The average molecular weight is 1850 g/mol. The summed E-state index contributed by atoms with van der Waals surface area (Å²) in [7, 11) is 0. The number of ketones is 2. The molecule has 0 spiro atoms. The van der Waals surface area contributed by atoms with E-state index in [1.165, 1.54) is 0 Å². The molecular formula is C100H125ClN14O18. The maximum atomic E-state index is 15.0. The zero-order valence-corrected chi connectivity index (χ0v) is 76.5. The number of aromatic hydroxyl groups is 2. The number of guanidine groups is 1. The Morgan fingerprint density at radius 1 is 0.398 bits per heavy atom. The SMILES string of the molecule is Cc1cc(O)cc(C)c1C[C@H](CC(=O)OCc1ccccc1)C(=O)N[C@H](CCCN=C(CC(=O)OCc1ccccc1)NC(=O)OCc1ccccc1)C(=O)C[C@@H](Cc1ccccc1)C(=O)N[C@@H](CCCCNC(=O)OCc1ccccc1Cl)C(N)=O.Cc1cc(O)cc(C)c1C[C@H](N)C(=O)N[C@H](CCCN=C(N)N)C(=O)C[C@@H](Cc1ccccc1)C(=O)N[C@@H](CCCCN)C(N)=O. The maximum Gasteiger partial charge on any atom is 0.412 e. The molecule has 33 heteroatoms. The number of phenolic OH excluding ortho intramolecular Hbond substituents is 2. The van der Waals surface area contributed by atoms with Crippen molar-refractivity contribution < 1.29 is 86.7 Å². The number of amides is 8. The van der Waals surface area contributed by atoms with Gasteiger partial charge in [-0.25, -0.2) is 9.59 Å². The highest BCUT2D eigenvalue weighted by atomic mass is 35.5. The summed E-state index contributed by atoms with van der Waals surface area (Å²) < 4.78 is 21.9. The van der Waals surface area contributed by atoms with Crippen LogP contribution in [0.2, 0.25) is 5.02 Å². The lowest BCUT2D eigenvalue weighted by atomic mass is 9.88. The highest BCUT2D eigenvalue weighted by Gasteiger charge is 2.35. The van der Waals surface area contributed by atoms with Crippen molar-refractivity contribution in [2.45, 2.75) is 200 Å². The number of benzene rings is 8. The minimum absolute atomic E-state index is 0.0163. The Labute approximate surface area is 780 Å². The Kier molecular flexibility index (Phi) is 45.8. The number of hydrogen-bond acceptors (Lipinski definition) is 22. The van der Waals surface area contributed by atoms with Crippen LogP contribution in [0.5, 0.6) is 11.5 Å². The van der Waals surface area contributed by atoms with Crippen LogP contribution in [0.25, 0.3) is 0 Å². The van der Waals surface area contributed by atoms with Gasteiger partial charge >= 0.3 is 24.1 Å². The number of nitrogens with zero attached hydrogens (tertiary/aromatic N) is 2. The summed E-state index contributed by atoms with van der Waals surface area (Å²) in [5.41, 5.74) is 42.9. The number of alkyl carbamates (subject to hydrolysis) is 2. The number of nitrogens with one attached hydrogen (secondary N) is 6. The van der Waals surface area contributed by atoms with E-state index in [1.807, 2.05) is 62.4 Å².